The molecule has 0 aliphatic carbocycles. The minimum Gasteiger partial charge on any atom is -0.321 e. The zero-order chi connectivity index (χ0) is 17.3. The van der Waals surface area contributed by atoms with Gasteiger partial charge in [-0.15, -0.1) is 0 Å². The number of anilines is 1. The Morgan fingerprint density at radius 2 is 1.88 bits per heavy atom. The molecule has 2 heterocycles. The van der Waals surface area contributed by atoms with Gasteiger partial charge in [0.1, 0.15) is 11.3 Å². The van der Waals surface area contributed by atoms with Crippen molar-refractivity contribution >= 4 is 23.0 Å². The van der Waals surface area contributed by atoms with Gasteiger partial charge < -0.3 is 5.32 Å². The van der Waals surface area contributed by atoms with Crippen molar-refractivity contribution in [3.63, 3.8) is 0 Å². The Labute approximate surface area is 140 Å². The monoisotopic (exact) mass is 321 g/mol. The van der Waals surface area contributed by atoms with Crippen molar-refractivity contribution in [2.45, 2.75) is 27.2 Å². The zero-order valence-electron chi connectivity index (χ0n) is 14.0. The van der Waals surface area contributed by atoms with Gasteiger partial charge in [-0.3, -0.25) is 14.0 Å². The number of carbonyl (C=O) groups excluding carboxylic acids is 2. The van der Waals surface area contributed by atoms with Gasteiger partial charge in [0.25, 0.3) is 5.91 Å². The lowest BCUT2D eigenvalue weighted by atomic mass is 10.1. The minimum atomic E-state index is -0.208. The maximum absolute atomic E-state index is 12.8. The molecule has 5 nitrogen and oxygen atoms in total. The normalized spacial score (nSPS) is 10.8. The van der Waals surface area contributed by atoms with Crippen LogP contribution in [0.25, 0.3) is 5.65 Å². The first-order chi connectivity index (χ1) is 11.5. The van der Waals surface area contributed by atoms with Crippen molar-refractivity contribution < 1.29 is 9.59 Å². The van der Waals surface area contributed by atoms with Gasteiger partial charge >= 0.3 is 0 Å². The Morgan fingerprint density at radius 3 is 2.50 bits per heavy atom. The summed E-state index contributed by atoms with van der Waals surface area (Å²) in [7, 11) is 0. The Bertz CT molecular complexity index is 924. The number of hydrogen-bond acceptors (Lipinski definition) is 3. The lowest BCUT2D eigenvalue weighted by molar-refractivity contribution is 0.101. The molecule has 2 aromatic heterocycles. The van der Waals surface area contributed by atoms with E-state index in [1.54, 1.807) is 24.3 Å². The summed E-state index contributed by atoms with van der Waals surface area (Å²) >= 11 is 0. The van der Waals surface area contributed by atoms with Crippen molar-refractivity contribution in [1.82, 2.24) is 9.38 Å². The zero-order valence-corrected chi connectivity index (χ0v) is 14.0. The molecule has 1 amide bonds. The fourth-order valence-corrected chi connectivity index (χ4v) is 2.72. The highest BCUT2D eigenvalue weighted by Gasteiger charge is 2.19. The maximum Gasteiger partial charge on any atom is 0.274 e. The second-order valence-corrected chi connectivity index (χ2v) is 5.73. The molecule has 0 radical (unpaired) electrons. The highest BCUT2D eigenvalue weighted by molar-refractivity contribution is 6.05. The van der Waals surface area contributed by atoms with Crippen LogP contribution in [0.5, 0.6) is 0 Å². The highest BCUT2D eigenvalue weighted by Crippen LogP contribution is 2.18. The van der Waals surface area contributed by atoms with Crippen molar-refractivity contribution in [1.29, 1.82) is 0 Å². The van der Waals surface area contributed by atoms with Crippen LogP contribution in [0.2, 0.25) is 0 Å². The van der Waals surface area contributed by atoms with E-state index in [1.807, 2.05) is 36.6 Å². The lowest BCUT2D eigenvalue weighted by Crippen LogP contribution is -2.16. The summed E-state index contributed by atoms with van der Waals surface area (Å²) in [5, 5.41) is 2.89. The van der Waals surface area contributed by atoms with Gasteiger partial charge in [-0.25, -0.2) is 4.98 Å². The Kier molecular flexibility index (Phi) is 4.16. The van der Waals surface area contributed by atoms with E-state index in [4.69, 9.17) is 0 Å². The number of nitrogens with zero attached hydrogens (tertiary/aromatic N) is 2. The Morgan fingerprint density at radius 1 is 1.17 bits per heavy atom. The fraction of sp³-hybridized carbons (Fsp3) is 0.211. The largest absolute Gasteiger partial charge is 0.321 e. The SMILES string of the molecule is CCc1nc2c(C)cccn2c1C(=O)Nc1ccc(C(C)=O)cc1. The molecule has 1 aromatic carbocycles. The first-order valence-corrected chi connectivity index (χ1v) is 7.90. The van der Waals surface area contributed by atoms with Gasteiger partial charge in [0, 0.05) is 17.4 Å². The molecular weight excluding hydrogens is 302 g/mol. The first-order valence-electron chi connectivity index (χ1n) is 7.90. The minimum absolute atomic E-state index is 0.00148. The third kappa shape index (κ3) is 2.80. The number of hydrogen-bond donors (Lipinski definition) is 1. The number of aryl methyl sites for hydroxylation is 2. The van der Waals surface area contributed by atoms with Gasteiger partial charge in [0.05, 0.1) is 5.69 Å². The number of Topliss-reactive ketones (excluding diaryl/α,β-unsaturated/α-hetero) is 1. The second-order valence-electron chi connectivity index (χ2n) is 5.73. The molecule has 1 N–H and O–H groups in total. The quantitative estimate of drug-likeness (QED) is 0.746. The van der Waals surface area contributed by atoms with Crippen LogP contribution in [0.3, 0.4) is 0 Å². The van der Waals surface area contributed by atoms with Gasteiger partial charge in [-0.2, -0.15) is 0 Å². The number of benzene rings is 1. The molecule has 0 saturated heterocycles. The summed E-state index contributed by atoms with van der Waals surface area (Å²) in [5.74, 6) is -0.209. The summed E-state index contributed by atoms with van der Waals surface area (Å²) in [5.41, 5.74) is 4.40. The number of nitrogens with one attached hydrogen (secondary N) is 1. The molecule has 0 spiro atoms. The number of rotatable bonds is 4. The number of fused-ring (bicyclic) bond motifs is 1. The molecule has 0 aliphatic heterocycles. The van der Waals surface area contributed by atoms with Gasteiger partial charge in [0.15, 0.2) is 5.78 Å². The second kappa shape index (κ2) is 6.28. The molecule has 24 heavy (non-hydrogen) atoms. The molecule has 5 heteroatoms. The van der Waals surface area contributed by atoms with Crippen LogP contribution in [-0.2, 0) is 6.42 Å². The number of ketones is 1. The number of aromatic nitrogens is 2. The fourth-order valence-electron chi connectivity index (χ4n) is 2.72. The van der Waals surface area contributed by atoms with Crippen LogP contribution in [0, 0.1) is 6.92 Å². The summed E-state index contributed by atoms with van der Waals surface area (Å²) < 4.78 is 1.83. The number of amides is 1. The van der Waals surface area contributed by atoms with E-state index >= 15 is 0 Å². The first kappa shape index (κ1) is 15.9. The molecule has 122 valence electrons. The smallest absolute Gasteiger partial charge is 0.274 e. The van der Waals surface area contributed by atoms with Gasteiger partial charge in [-0.05, 0) is 56.2 Å². The number of carbonyl (C=O) groups is 2. The average molecular weight is 321 g/mol. The van der Waals surface area contributed by atoms with Crippen LogP contribution in [0.1, 0.15) is 46.0 Å². The number of imidazole rings is 1. The van der Waals surface area contributed by atoms with Gasteiger partial charge in [0.2, 0.25) is 0 Å². The molecule has 0 bridgehead atoms. The Balaban J connectivity index is 1.96. The molecule has 3 rings (SSSR count). The van der Waals surface area contributed by atoms with E-state index in [0.29, 0.717) is 23.4 Å². The molecule has 0 atom stereocenters. The van der Waals surface area contributed by atoms with E-state index in [1.165, 1.54) is 6.92 Å². The third-order valence-corrected chi connectivity index (χ3v) is 4.02. The van der Waals surface area contributed by atoms with E-state index in [-0.39, 0.29) is 11.7 Å². The maximum atomic E-state index is 12.8. The Hall–Kier alpha value is -2.95. The summed E-state index contributed by atoms with van der Waals surface area (Å²) in [4.78, 5) is 28.7. The van der Waals surface area contributed by atoms with E-state index < -0.39 is 0 Å². The lowest BCUT2D eigenvalue weighted by Gasteiger charge is -2.07. The van der Waals surface area contributed by atoms with Crippen LogP contribution in [0.4, 0.5) is 5.69 Å². The third-order valence-electron chi connectivity index (χ3n) is 4.02. The summed E-state index contributed by atoms with van der Waals surface area (Å²) in [6.45, 7) is 5.47. The van der Waals surface area contributed by atoms with Crippen LogP contribution >= 0.6 is 0 Å². The van der Waals surface area contributed by atoms with Crippen molar-refractivity contribution in [3.05, 3.63) is 65.1 Å². The summed E-state index contributed by atoms with van der Waals surface area (Å²) in [6, 6.07) is 10.8. The highest BCUT2D eigenvalue weighted by atomic mass is 16.2. The molecule has 3 aromatic rings. The van der Waals surface area contributed by atoms with Gasteiger partial charge in [-0.1, -0.05) is 13.0 Å². The standard InChI is InChI=1S/C19H19N3O2/c1-4-16-17(22-11-5-6-12(2)18(22)21-16)19(24)20-15-9-7-14(8-10-15)13(3)23/h5-11H,4H2,1-3H3,(H,20,24). The predicted molar refractivity (Wildman–Crippen MR) is 93.7 cm³/mol. The molecular formula is C19H19N3O2. The van der Waals surface area contributed by atoms with Crippen molar-refractivity contribution in [2.75, 3.05) is 5.32 Å². The molecule has 0 aliphatic rings. The average Bonchev–Trinajstić information content (AvgIpc) is 2.95. The van der Waals surface area contributed by atoms with E-state index in [2.05, 4.69) is 10.3 Å². The number of pyridine rings is 1. The van der Waals surface area contributed by atoms with Crippen LogP contribution < -0.4 is 5.32 Å². The molecule has 0 fully saturated rings. The topological polar surface area (TPSA) is 63.5 Å². The van der Waals surface area contributed by atoms with E-state index in [0.717, 1.165) is 16.9 Å². The predicted octanol–water partition coefficient (Wildman–Crippen LogP) is 3.66. The van der Waals surface area contributed by atoms with Crippen LogP contribution in [0.15, 0.2) is 42.6 Å². The molecule has 0 saturated carbocycles. The molecule has 0 unspecified atom stereocenters. The van der Waals surface area contributed by atoms with Crippen molar-refractivity contribution in [2.24, 2.45) is 0 Å². The van der Waals surface area contributed by atoms with Crippen molar-refractivity contribution in [3.8, 4) is 0 Å². The van der Waals surface area contributed by atoms with E-state index in [9.17, 15) is 9.59 Å². The summed E-state index contributed by atoms with van der Waals surface area (Å²) in [6.07, 6.45) is 2.52. The van der Waals surface area contributed by atoms with Crippen LogP contribution in [-0.4, -0.2) is 21.1 Å².